The summed E-state index contributed by atoms with van der Waals surface area (Å²) in [7, 11) is 0. The average Bonchev–Trinajstić information content (AvgIpc) is 3.49. The number of halogens is 2. The van der Waals surface area contributed by atoms with Crippen molar-refractivity contribution in [3.63, 3.8) is 0 Å². The number of ether oxygens (including phenoxy) is 1. The van der Waals surface area contributed by atoms with E-state index in [-0.39, 0.29) is 17.6 Å². The van der Waals surface area contributed by atoms with Gasteiger partial charge >= 0.3 is 0 Å². The van der Waals surface area contributed by atoms with Gasteiger partial charge in [-0.05, 0) is 70.8 Å². The lowest BCUT2D eigenvalue weighted by Crippen LogP contribution is -2.49. The molecule has 0 aliphatic carbocycles. The number of aromatic nitrogens is 1. The Labute approximate surface area is 285 Å². The molecule has 0 unspecified atom stereocenters. The number of rotatable bonds is 10. The van der Waals surface area contributed by atoms with Crippen molar-refractivity contribution in [3.05, 3.63) is 167 Å². The number of benzene rings is 5. The summed E-state index contributed by atoms with van der Waals surface area (Å²) in [6, 6.07) is 41.1. The second-order valence-electron chi connectivity index (χ2n) is 12.3. The van der Waals surface area contributed by atoms with Gasteiger partial charge in [0.25, 0.3) is 0 Å². The van der Waals surface area contributed by atoms with Gasteiger partial charge in [-0.15, -0.1) is 0 Å². The number of para-hydroxylation sites is 1. The molecule has 1 aliphatic heterocycles. The van der Waals surface area contributed by atoms with E-state index >= 15 is 0 Å². The van der Waals surface area contributed by atoms with E-state index in [1.807, 2.05) is 89.8 Å². The third-order valence-electron chi connectivity index (χ3n) is 9.15. The molecule has 1 amide bonds. The number of fused-ring (bicyclic) bond motifs is 1. The zero-order valence-electron chi connectivity index (χ0n) is 26.6. The fourth-order valence-electron chi connectivity index (χ4n) is 6.63. The molecule has 2 heterocycles. The van der Waals surface area contributed by atoms with Crippen LogP contribution in [0.5, 0.6) is 5.75 Å². The van der Waals surface area contributed by atoms with Crippen LogP contribution in [0, 0.1) is 5.82 Å². The number of nitrogens with zero attached hydrogens (tertiary/aromatic N) is 3. The molecule has 1 atom stereocenters. The zero-order valence-corrected chi connectivity index (χ0v) is 27.4. The zero-order chi connectivity index (χ0) is 32.9. The van der Waals surface area contributed by atoms with Crippen LogP contribution in [0.2, 0.25) is 5.02 Å². The molecule has 242 valence electrons. The van der Waals surface area contributed by atoms with Crippen LogP contribution < -0.4 is 9.64 Å². The van der Waals surface area contributed by atoms with Gasteiger partial charge in [-0.2, -0.15) is 0 Å². The van der Waals surface area contributed by atoms with Crippen molar-refractivity contribution in [1.29, 1.82) is 0 Å². The van der Waals surface area contributed by atoms with Crippen LogP contribution in [0.15, 0.2) is 134 Å². The molecule has 5 nitrogen and oxygen atoms in total. The molecule has 6 aromatic rings. The van der Waals surface area contributed by atoms with Crippen molar-refractivity contribution >= 4 is 34.1 Å². The molecule has 1 aromatic heterocycles. The van der Waals surface area contributed by atoms with Crippen molar-refractivity contribution in [2.75, 3.05) is 31.1 Å². The highest BCUT2D eigenvalue weighted by Crippen LogP contribution is 2.37. The Kier molecular flexibility index (Phi) is 9.43. The first kappa shape index (κ1) is 31.5. The summed E-state index contributed by atoms with van der Waals surface area (Å²) in [6.45, 7) is 3.83. The molecule has 0 N–H and O–H groups in total. The molecule has 1 aliphatic rings. The Morgan fingerprint density at radius 3 is 2.31 bits per heavy atom. The predicted molar refractivity (Wildman–Crippen MR) is 191 cm³/mol. The van der Waals surface area contributed by atoms with Crippen LogP contribution in [0.25, 0.3) is 10.9 Å². The Bertz CT molecular complexity index is 2000. The minimum Gasteiger partial charge on any atom is -0.489 e. The van der Waals surface area contributed by atoms with Gasteiger partial charge in [-0.1, -0.05) is 90.5 Å². The normalized spacial score (nSPS) is 13.9. The molecule has 5 aromatic carbocycles. The number of carbonyl (C=O) groups is 1. The molecule has 0 bridgehead atoms. The van der Waals surface area contributed by atoms with Gasteiger partial charge < -0.3 is 19.1 Å². The van der Waals surface area contributed by atoms with Gasteiger partial charge in [0.2, 0.25) is 5.91 Å². The third kappa shape index (κ3) is 7.24. The fraction of sp³-hybridized carbons (Fsp3) is 0.195. The number of piperazine rings is 1. The van der Waals surface area contributed by atoms with Crippen LogP contribution in [0.1, 0.15) is 34.6 Å². The van der Waals surface area contributed by atoms with E-state index in [2.05, 4.69) is 46.0 Å². The summed E-state index contributed by atoms with van der Waals surface area (Å²) in [5.41, 5.74) is 6.35. The molecule has 0 radical (unpaired) electrons. The van der Waals surface area contributed by atoms with Gasteiger partial charge in [0, 0.05) is 72.9 Å². The highest BCUT2D eigenvalue weighted by atomic mass is 35.5. The first-order valence-corrected chi connectivity index (χ1v) is 16.8. The van der Waals surface area contributed by atoms with Gasteiger partial charge in [0.15, 0.2) is 0 Å². The topological polar surface area (TPSA) is 37.7 Å². The quantitative estimate of drug-likeness (QED) is 0.148. The maximum atomic E-state index is 14.1. The highest BCUT2D eigenvalue weighted by Gasteiger charge is 2.28. The summed E-state index contributed by atoms with van der Waals surface area (Å²) in [4.78, 5) is 18.4. The molecular weight excluding hydrogens is 621 g/mol. The van der Waals surface area contributed by atoms with E-state index in [1.165, 1.54) is 12.1 Å². The van der Waals surface area contributed by atoms with E-state index in [1.54, 1.807) is 0 Å². The lowest BCUT2D eigenvalue weighted by atomic mass is 9.87. The van der Waals surface area contributed by atoms with Crippen molar-refractivity contribution in [3.8, 4) is 5.75 Å². The van der Waals surface area contributed by atoms with Crippen LogP contribution in [0.3, 0.4) is 0 Å². The number of carbonyl (C=O) groups excluding carboxylic acids is 1. The van der Waals surface area contributed by atoms with E-state index in [0.717, 1.165) is 57.7 Å². The van der Waals surface area contributed by atoms with E-state index in [0.29, 0.717) is 37.7 Å². The Hall–Kier alpha value is -5.07. The summed E-state index contributed by atoms with van der Waals surface area (Å²) in [6.07, 6.45) is 2.49. The Balaban J connectivity index is 1.19. The standard InChI is InChI=1S/C41H37ClFN3O2/c42-33-11-7-12-35(25-33)44-20-22-45(23-21-44)41(47)26-38(32-10-6-13-36(24-32)48-29-31-8-2-1-3-9-31)39-28-46(40-15-5-4-14-37(39)40)27-30-16-18-34(43)19-17-30/h1-19,24-25,28,38H,20-23,26-27,29H2/t38-/m1/s1. The maximum Gasteiger partial charge on any atom is 0.223 e. The van der Waals surface area contributed by atoms with Crippen LogP contribution >= 0.6 is 11.6 Å². The molecule has 1 fully saturated rings. The first-order valence-electron chi connectivity index (χ1n) is 16.4. The maximum absolute atomic E-state index is 14.1. The number of amides is 1. The second kappa shape index (κ2) is 14.4. The van der Waals surface area contributed by atoms with E-state index in [4.69, 9.17) is 16.3 Å². The monoisotopic (exact) mass is 657 g/mol. The lowest BCUT2D eigenvalue weighted by Gasteiger charge is -2.36. The smallest absolute Gasteiger partial charge is 0.223 e. The van der Waals surface area contributed by atoms with Crippen molar-refractivity contribution in [1.82, 2.24) is 9.47 Å². The lowest BCUT2D eigenvalue weighted by molar-refractivity contribution is -0.131. The molecule has 0 saturated carbocycles. The van der Waals surface area contributed by atoms with E-state index in [9.17, 15) is 9.18 Å². The molecule has 48 heavy (non-hydrogen) atoms. The van der Waals surface area contributed by atoms with Gasteiger partial charge in [-0.3, -0.25) is 4.79 Å². The van der Waals surface area contributed by atoms with Gasteiger partial charge in [0.1, 0.15) is 18.2 Å². The minimum absolute atomic E-state index is 0.122. The largest absolute Gasteiger partial charge is 0.489 e. The minimum atomic E-state index is -0.252. The fourth-order valence-corrected chi connectivity index (χ4v) is 6.81. The summed E-state index contributed by atoms with van der Waals surface area (Å²) < 4.78 is 22.1. The average molecular weight is 658 g/mol. The van der Waals surface area contributed by atoms with Crippen molar-refractivity contribution < 1.29 is 13.9 Å². The van der Waals surface area contributed by atoms with Crippen molar-refractivity contribution in [2.45, 2.75) is 25.5 Å². The predicted octanol–water partition coefficient (Wildman–Crippen LogP) is 8.93. The summed E-state index contributed by atoms with van der Waals surface area (Å²) in [5.74, 6) is 0.428. The van der Waals surface area contributed by atoms with Gasteiger partial charge in [0.05, 0.1) is 0 Å². The molecule has 7 heteroatoms. The SMILES string of the molecule is O=C(C[C@H](c1cccc(OCc2ccccc2)c1)c1cn(Cc2ccc(F)cc2)c2ccccc12)N1CCN(c2cccc(Cl)c2)CC1. The molecule has 7 rings (SSSR count). The van der Waals surface area contributed by atoms with Gasteiger partial charge in [-0.25, -0.2) is 4.39 Å². The van der Waals surface area contributed by atoms with E-state index < -0.39 is 0 Å². The molecule has 1 saturated heterocycles. The molecule has 0 spiro atoms. The number of anilines is 1. The number of hydrogen-bond acceptors (Lipinski definition) is 3. The molecular formula is C41H37ClFN3O2. The summed E-state index contributed by atoms with van der Waals surface area (Å²) in [5, 5.41) is 1.81. The summed E-state index contributed by atoms with van der Waals surface area (Å²) >= 11 is 6.26. The second-order valence-corrected chi connectivity index (χ2v) is 12.7. The first-order chi connectivity index (χ1) is 23.5. The highest BCUT2D eigenvalue weighted by molar-refractivity contribution is 6.30. The Morgan fingerprint density at radius 2 is 1.52 bits per heavy atom. The number of hydrogen-bond donors (Lipinski definition) is 0. The third-order valence-corrected chi connectivity index (χ3v) is 9.39. The Morgan fingerprint density at radius 1 is 0.771 bits per heavy atom. The van der Waals surface area contributed by atoms with Crippen LogP contribution in [-0.2, 0) is 17.9 Å². The van der Waals surface area contributed by atoms with Crippen molar-refractivity contribution in [2.24, 2.45) is 0 Å². The van der Waals surface area contributed by atoms with Crippen LogP contribution in [-0.4, -0.2) is 41.6 Å². The van der Waals surface area contributed by atoms with Crippen LogP contribution in [0.4, 0.5) is 10.1 Å².